The lowest BCUT2D eigenvalue weighted by Crippen LogP contribution is -2.13. The third-order valence-corrected chi connectivity index (χ3v) is 3.57. The molecule has 0 aliphatic heterocycles. The van der Waals surface area contributed by atoms with Crippen LogP contribution >= 0.6 is 22.6 Å². The third kappa shape index (κ3) is 2.17. The van der Waals surface area contributed by atoms with E-state index in [4.69, 9.17) is 5.73 Å². The van der Waals surface area contributed by atoms with E-state index in [0.717, 1.165) is 3.57 Å². The first-order valence-corrected chi connectivity index (χ1v) is 6.32. The number of nitrogens with two attached hydrogens (primary N) is 1. The van der Waals surface area contributed by atoms with Crippen LogP contribution in [0.15, 0.2) is 30.5 Å². The van der Waals surface area contributed by atoms with Crippen molar-refractivity contribution < 1.29 is 4.92 Å². The normalized spacial score (nSPS) is 12.3. The quantitative estimate of drug-likeness (QED) is 0.519. The van der Waals surface area contributed by atoms with Crippen molar-refractivity contribution in [2.24, 2.45) is 0 Å². The fraction of sp³-hybridized carbons (Fsp3) is 0.182. The molecule has 1 heterocycles. The number of benzene rings is 1. The Balaban J connectivity index is 2.49. The van der Waals surface area contributed by atoms with Gasteiger partial charge in [0.25, 0.3) is 5.69 Å². The van der Waals surface area contributed by atoms with E-state index in [0.29, 0.717) is 11.4 Å². The van der Waals surface area contributed by atoms with Gasteiger partial charge in [-0.05, 0) is 29.5 Å². The molecule has 0 aliphatic carbocycles. The van der Waals surface area contributed by atoms with Crippen LogP contribution in [0.3, 0.4) is 0 Å². The number of nitrogen functional groups attached to an aromatic ring is 1. The van der Waals surface area contributed by atoms with E-state index >= 15 is 0 Å². The average molecular weight is 358 g/mol. The van der Waals surface area contributed by atoms with Crippen LogP contribution in [0.4, 0.5) is 11.5 Å². The summed E-state index contributed by atoms with van der Waals surface area (Å²) in [7, 11) is 0. The second kappa shape index (κ2) is 4.92. The molecule has 0 spiro atoms. The minimum absolute atomic E-state index is 0.0786. The van der Waals surface area contributed by atoms with Gasteiger partial charge in [0.05, 0.1) is 26.3 Å². The summed E-state index contributed by atoms with van der Waals surface area (Å²) in [6.45, 7) is 1.84. The van der Waals surface area contributed by atoms with Crippen molar-refractivity contribution in [2.75, 3.05) is 5.73 Å². The zero-order valence-corrected chi connectivity index (χ0v) is 11.7. The van der Waals surface area contributed by atoms with Gasteiger partial charge in [-0.2, -0.15) is 5.10 Å². The number of aromatic nitrogens is 2. The van der Waals surface area contributed by atoms with Gasteiger partial charge < -0.3 is 5.73 Å². The minimum atomic E-state index is -0.392. The highest BCUT2D eigenvalue weighted by Gasteiger charge is 2.21. The van der Waals surface area contributed by atoms with Crippen molar-refractivity contribution in [2.45, 2.75) is 13.0 Å². The summed E-state index contributed by atoms with van der Waals surface area (Å²) >= 11 is 2.08. The second-order valence-corrected chi connectivity index (χ2v) is 4.98. The maximum atomic E-state index is 11.0. The number of anilines is 1. The standard InChI is InChI=1S/C11H11IN4O2/c1-7(15-11(13)9(12)6-14-15)8-4-2-3-5-10(8)16(17)18/h2-7H,13H2,1H3. The first kappa shape index (κ1) is 12.8. The number of nitro benzene ring substituents is 1. The van der Waals surface area contributed by atoms with E-state index in [1.165, 1.54) is 6.07 Å². The molecule has 0 bridgehead atoms. The molecule has 0 radical (unpaired) electrons. The largest absolute Gasteiger partial charge is 0.383 e. The lowest BCUT2D eigenvalue weighted by molar-refractivity contribution is -0.385. The van der Waals surface area contributed by atoms with Gasteiger partial charge in [-0.15, -0.1) is 0 Å². The van der Waals surface area contributed by atoms with Gasteiger partial charge in [-0.1, -0.05) is 18.2 Å². The average Bonchev–Trinajstić information content (AvgIpc) is 2.69. The maximum Gasteiger partial charge on any atom is 0.274 e. The Kier molecular flexibility index (Phi) is 3.50. The van der Waals surface area contributed by atoms with E-state index < -0.39 is 4.92 Å². The first-order valence-electron chi connectivity index (χ1n) is 5.24. The molecule has 1 unspecified atom stereocenters. The molecule has 2 aromatic rings. The van der Waals surface area contributed by atoms with Crippen LogP contribution in [0, 0.1) is 13.7 Å². The van der Waals surface area contributed by atoms with Crippen molar-refractivity contribution in [3.05, 3.63) is 49.7 Å². The summed E-state index contributed by atoms with van der Waals surface area (Å²) in [6.07, 6.45) is 1.64. The Morgan fingerprint density at radius 1 is 1.50 bits per heavy atom. The van der Waals surface area contributed by atoms with Gasteiger partial charge in [-0.3, -0.25) is 10.1 Å². The molecule has 1 aromatic carbocycles. The summed E-state index contributed by atoms with van der Waals surface area (Å²) in [4.78, 5) is 10.6. The number of nitrogens with zero attached hydrogens (tertiary/aromatic N) is 3. The highest BCUT2D eigenvalue weighted by Crippen LogP contribution is 2.29. The number of hydrogen-bond acceptors (Lipinski definition) is 4. The number of nitro groups is 1. The molecule has 2 rings (SSSR count). The molecule has 0 saturated carbocycles. The number of halogens is 1. The molecular weight excluding hydrogens is 347 g/mol. The van der Waals surface area contributed by atoms with Crippen LogP contribution in [-0.2, 0) is 0 Å². The molecule has 94 valence electrons. The summed E-state index contributed by atoms with van der Waals surface area (Å²) in [6, 6.07) is 6.33. The van der Waals surface area contributed by atoms with Crippen molar-refractivity contribution in [1.29, 1.82) is 0 Å². The fourth-order valence-corrected chi connectivity index (χ4v) is 2.17. The van der Waals surface area contributed by atoms with Crippen molar-refractivity contribution in [1.82, 2.24) is 9.78 Å². The topological polar surface area (TPSA) is 87.0 Å². The lowest BCUT2D eigenvalue weighted by Gasteiger charge is -2.14. The number of hydrogen-bond donors (Lipinski definition) is 1. The monoisotopic (exact) mass is 358 g/mol. The number of para-hydroxylation sites is 1. The summed E-state index contributed by atoms with van der Waals surface area (Å²) in [5, 5.41) is 15.1. The van der Waals surface area contributed by atoms with E-state index in [9.17, 15) is 10.1 Å². The number of rotatable bonds is 3. The van der Waals surface area contributed by atoms with Gasteiger partial charge >= 0.3 is 0 Å². The van der Waals surface area contributed by atoms with Crippen molar-refractivity contribution >= 4 is 34.1 Å². The highest BCUT2D eigenvalue weighted by molar-refractivity contribution is 14.1. The Labute approximate surface area is 117 Å². The van der Waals surface area contributed by atoms with Crippen LogP contribution in [0.25, 0.3) is 0 Å². The van der Waals surface area contributed by atoms with Crippen LogP contribution in [0.1, 0.15) is 18.5 Å². The molecule has 2 N–H and O–H groups in total. The molecule has 0 amide bonds. The highest BCUT2D eigenvalue weighted by atomic mass is 127. The summed E-state index contributed by atoms with van der Waals surface area (Å²) < 4.78 is 2.42. The van der Waals surface area contributed by atoms with Gasteiger partial charge in [0.2, 0.25) is 0 Å². The van der Waals surface area contributed by atoms with Crippen LogP contribution in [0.5, 0.6) is 0 Å². The van der Waals surface area contributed by atoms with E-state index in [2.05, 4.69) is 27.7 Å². The van der Waals surface area contributed by atoms with Crippen LogP contribution in [0.2, 0.25) is 0 Å². The Morgan fingerprint density at radius 3 is 2.72 bits per heavy atom. The smallest absolute Gasteiger partial charge is 0.274 e. The molecule has 0 aliphatic rings. The summed E-state index contributed by atoms with van der Waals surface area (Å²) in [5.74, 6) is 0.515. The molecule has 6 nitrogen and oxygen atoms in total. The molecule has 7 heteroatoms. The van der Waals surface area contributed by atoms with Crippen LogP contribution in [-0.4, -0.2) is 14.7 Å². The van der Waals surface area contributed by atoms with E-state index in [1.54, 1.807) is 29.1 Å². The second-order valence-electron chi connectivity index (χ2n) is 3.81. The van der Waals surface area contributed by atoms with Crippen molar-refractivity contribution in [3.63, 3.8) is 0 Å². The van der Waals surface area contributed by atoms with Gasteiger partial charge in [0.1, 0.15) is 5.82 Å². The maximum absolute atomic E-state index is 11.0. The lowest BCUT2D eigenvalue weighted by atomic mass is 10.1. The van der Waals surface area contributed by atoms with Gasteiger partial charge in [-0.25, -0.2) is 4.68 Å². The SMILES string of the molecule is CC(c1ccccc1[N+](=O)[O-])n1ncc(I)c1N. The molecule has 0 saturated heterocycles. The van der Waals surface area contributed by atoms with E-state index in [1.807, 2.05) is 6.92 Å². The molecule has 0 fully saturated rings. The zero-order chi connectivity index (χ0) is 13.3. The fourth-order valence-electron chi connectivity index (χ4n) is 1.80. The first-order chi connectivity index (χ1) is 8.52. The molecule has 18 heavy (non-hydrogen) atoms. The van der Waals surface area contributed by atoms with Gasteiger partial charge in [0.15, 0.2) is 0 Å². The van der Waals surface area contributed by atoms with Crippen LogP contribution < -0.4 is 5.73 Å². The minimum Gasteiger partial charge on any atom is -0.383 e. The zero-order valence-electron chi connectivity index (χ0n) is 9.58. The van der Waals surface area contributed by atoms with E-state index in [-0.39, 0.29) is 11.7 Å². The Morgan fingerprint density at radius 2 is 2.17 bits per heavy atom. The molecule has 1 atom stereocenters. The summed E-state index contributed by atoms with van der Waals surface area (Å²) in [5.41, 5.74) is 6.56. The predicted molar refractivity (Wildman–Crippen MR) is 76.3 cm³/mol. The molecular formula is C11H11IN4O2. The Hall–Kier alpha value is -1.64. The Bertz CT molecular complexity index is 596. The predicted octanol–water partition coefficient (Wildman–Crippen LogP) is 2.59. The van der Waals surface area contributed by atoms with Crippen molar-refractivity contribution in [3.8, 4) is 0 Å². The van der Waals surface area contributed by atoms with Gasteiger partial charge in [0, 0.05) is 6.07 Å². The third-order valence-electron chi connectivity index (χ3n) is 2.74. The molecule has 1 aromatic heterocycles.